The number of rotatable bonds is 7. The number of aromatic nitrogens is 3. The molecule has 6 nitrogen and oxygen atoms in total. The van der Waals surface area contributed by atoms with Gasteiger partial charge in [0.25, 0.3) is 0 Å². The number of carbonyl (C=O) groups excluding carboxylic acids is 1. The van der Waals surface area contributed by atoms with Crippen LogP contribution in [0.4, 0.5) is 0 Å². The Morgan fingerprint density at radius 3 is 2.96 bits per heavy atom. The molecule has 146 valence electrons. The Hall–Kier alpha value is -1.57. The summed E-state index contributed by atoms with van der Waals surface area (Å²) >= 11 is 7.66. The maximum Gasteiger partial charge on any atom is 0.237 e. The number of likely N-dealkylation sites (N-methyl/N-ethyl adjacent to an activating group) is 1. The Kier molecular flexibility index (Phi) is 7.15. The van der Waals surface area contributed by atoms with Gasteiger partial charge in [0, 0.05) is 30.8 Å². The van der Waals surface area contributed by atoms with Crippen LogP contribution in [0, 0.1) is 0 Å². The van der Waals surface area contributed by atoms with Crippen molar-refractivity contribution in [1.82, 2.24) is 25.0 Å². The Balaban J connectivity index is 1.48. The maximum absolute atomic E-state index is 12.4. The zero-order chi connectivity index (χ0) is 19.2. The van der Waals surface area contributed by atoms with Gasteiger partial charge in [-0.05, 0) is 44.1 Å². The van der Waals surface area contributed by atoms with Gasteiger partial charge < -0.3 is 9.88 Å². The third kappa shape index (κ3) is 5.46. The van der Waals surface area contributed by atoms with Gasteiger partial charge in [0.15, 0.2) is 5.16 Å². The molecule has 27 heavy (non-hydrogen) atoms. The van der Waals surface area contributed by atoms with Crippen LogP contribution in [-0.2, 0) is 24.0 Å². The Morgan fingerprint density at radius 1 is 1.33 bits per heavy atom. The zero-order valence-electron chi connectivity index (χ0n) is 15.8. The highest BCUT2D eigenvalue weighted by Gasteiger charge is 2.25. The molecule has 8 heteroatoms. The third-order valence-electron chi connectivity index (χ3n) is 4.90. The number of hydrogen-bond donors (Lipinski definition) is 1. The van der Waals surface area contributed by atoms with Crippen LogP contribution in [0.15, 0.2) is 29.4 Å². The minimum Gasteiger partial charge on any atom is -0.354 e. The second kappa shape index (κ2) is 9.57. The Bertz CT molecular complexity index is 781. The van der Waals surface area contributed by atoms with Gasteiger partial charge in [-0.15, -0.1) is 10.2 Å². The average Bonchev–Trinajstić information content (AvgIpc) is 3.00. The topological polar surface area (TPSA) is 63.1 Å². The highest BCUT2D eigenvalue weighted by Crippen LogP contribution is 2.22. The number of nitrogens with zero attached hydrogens (tertiary/aromatic N) is 4. The number of hydrogen-bond acceptors (Lipinski definition) is 5. The van der Waals surface area contributed by atoms with E-state index < -0.39 is 0 Å². The molecule has 0 unspecified atom stereocenters. The zero-order valence-corrected chi connectivity index (χ0v) is 17.4. The van der Waals surface area contributed by atoms with Crippen molar-refractivity contribution in [2.45, 2.75) is 42.6 Å². The van der Waals surface area contributed by atoms with E-state index in [1.54, 1.807) is 11.8 Å². The average molecular weight is 408 g/mol. The molecule has 1 fully saturated rings. The van der Waals surface area contributed by atoms with Crippen molar-refractivity contribution in [2.75, 3.05) is 20.1 Å². The van der Waals surface area contributed by atoms with Gasteiger partial charge in [0.1, 0.15) is 5.82 Å². The van der Waals surface area contributed by atoms with Gasteiger partial charge in [-0.3, -0.25) is 9.69 Å². The molecule has 1 aliphatic rings. The van der Waals surface area contributed by atoms with Crippen molar-refractivity contribution in [3.05, 3.63) is 40.7 Å². The molecule has 0 spiro atoms. The van der Waals surface area contributed by atoms with Gasteiger partial charge in [-0.1, -0.05) is 41.9 Å². The lowest BCUT2D eigenvalue weighted by Gasteiger charge is -2.31. The molecule has 1 aliphatic heterocycles. The summed E-state index contributed by atoms with van der Waals surface area (Å²) in [5, 5.41) is 13.2. The molecule has 0 saturated carbocycles. The van der Waals surface area contributed by atoms with Crippen molar-refractivity contribution < 1.29 is 4.79 Å². The van der Waals surface area contributed by atoms with Crippen molar-refractivity contribution >= 4 is 29.3 Å². The van der Waals surface area contributed by atoms with Gasteiger partial charge in [-0.2, -0.15) is 0 Å². The molecule has 2 heterocycles. The maximum atomic E-state index is 12.4. The van der Waals surface area contributed by atoms with Gasteiger partial charge >= 0.3 is 0 Å². The van der Waals surface area contributed by atoms with Crippen LogP contribution in [0.2, 0.25) is 5.02 Å². The summed E-state index contributed by atoms with van der Waals surface area (Å²) in [5.74, 6) is 1.79. The van der Waals surface area contributed by atoms with Crippen molar-refractivity contribution in [3.8, 4) is 0 Å². The molecule has 1 saturated heterocycles. The molecule has 0 radical (unpaired) electrons. The van der Waals surface area contributed by atoms with Crippen LogP contribution in [-0.4, -0.2) is 51.8 Å². The molecule has 3 rings (SSSR count). The van der Waals surface area contributed by atoms with Crippen molar-refractivity contribution in [2.24, 2.45) is 7.05 Å². The number of benzene rings is 1. The predicted molar refractivity (Wildman–Crippen MR) is 109 cm³/mol. The van der Waals surface area contributed by atoms with E-state index in [1.165, 1.54) is 6.42 Å². The lowest BCUT2D eigenvalue weighted by molar-refractivity contribution is -0.126. The smallest absolute Gasteiger partial charge is 0.237 e. The lowest BCUT2D eigenvalue weighted by atomic mass is 10.0. The molecular formula is C19H26ClN5OS. The summed E-state index contributed by atoms with van der Waals surface area (Å²) in [6.07, 6.45) is 3.91. The van der Waals surface area contributed by atoms with E-state index in [9.17, 15) is 4.79 Å². The molecule has 1 atom stereocenters. The number of likely N-dealkylation sites (tertiary alicyclic amines) is 1. The van der Waals surface area contributed by atoms with Crippen LogP contribution in [0.3, 0.4) is 0 Å². The summed E-state index contributed by atoms with van der Waals surface area (Å²) in [4.78, 5) is 14.5. The molecule has 1 amide bonds. The number of piperidine rings is 1. The van der Waals surface area contributed by atoms with Crippen LogP contribution in [0.5, 0.6) is 0 Å². The van der Waals surface area contributed by atoms with E-state index in [-0.39, 0.29) is 11.9 Å². The summed E-state index contributed by atoms with van der Waals surface area (Å²) in [6.45, 7) is 1.57. The van der Waals surface area contributed by atoms with Crippen LogP contribution < -0.4 is 5.32 Å². The van der Waals surface area contributed by atoms with Gasteiger partial charge in [0.05, 0.1) is 6.04 Å². The fourth-order valence-electron chi connectivity index (χ4n) is 3.28. The van der Waals surface area contributed by atoms with E-state index in [0.717, 1.165) is 46.7 Å². The first-order chi connectivity index (χ1) is 13.0. The quantitative estimate of drug-likeness (QED) is 0.715. The number of amides is 1. The summed E-state index contributed by atoms with van der Waals surface area (Å²) in [7, 11) is 3.99. The number of carbonyl (C=O) groups is 1. The monoisotopic (exact) mass is 407 g/mol. The summed E-state index contributed by atoms with van der Waals surface area (Å²) in [6, 6.07) is 7.84. The van der Waals surface area contributed by atoms with E-state index in [0.29, 0.717) is 13.0 Å². The summed E-state index contributed by atoms with van der Waals surface area (Å²) < 4.78 is 1.99. The number of halogens is 1. The minimum atomic E-state index is 0.00191. The highest BCUT2D eigenvalue weighted by molar-refractivity contribution is 7.98. The number of thioether (sulfide) groups is 1. The molecule has 0 aliphatic carbocycles. The van der Waals surface area contributed by atoms with E-state index >= 15 is 0 Å². The second-order valence-corrected chi connectivity index (χ2v) is 8.29. The molecule has 1 aromatic carbocycles. The first-order valence-corrected chi connectivity index (χ1v) is 10.6. The van der Waals surface area contributed by atoms with E-state index in [2.05, 4.69) is 20.4 Å². The first kappa shape index (κ1) is 20.2. The SMILES string of the molecule is CN1CCCC[C@H]1C(=O)NCCc1nnc(SCc2cccc(Cl)c2)n1C. The van der Waals surface area contributed by atoms with Crippen LogP contribution >= 0.6 is 23.4 Å². The first-order valence-electron chi connectivity index (χ1n) is 9.28. The fourth-order valence-corrected chi connectivity index (χ4v) is 4.37. The molecule has 1 N–H and O–H groups in total. The Morgan fingerprint density at radius 2 is 2.19 bits per heavy atom. The van der Waals surface area contributed by atoms with Crippen molar-refractivity contribution in [1.29, 1.82) is 0 Å². The highest BCUT2D eigenvalue weighted by atomic mass is 35.5. The Labute approximate surface area is 169 Å². The molecule has 1 aromatic heterocycles. The number of nitrogens with one attached hydrogen (secondary N) is 1. The van der Waals surface area contributed by atoms with Gasteiger partial charge in [0.2, 0.25) is 5.91 Å². The van der Waals surface area contributed by atoms with E-state index in [1.807, 2.05) is 42.9 Å². The molecule has 2 aromatic rings. The normalized spacial score (nSPS) is 17.8. The van der Waals surface area contributed by atoms with Crippen molar-refractivity contribution in [3.63, 3.8) is 0 Å². The minimum absolute atomic E-state index is 0.00191. The van der Waals surface area contributed by atoms with Crippen LogP contribution in [0.25, 0.3) is 0 Å². The fraction of sp³-hybridized carbons (Fsp3) is 0.526. The lowest BCUT2D eigenvalue weighted by Crippen LogP contribution is -2.48. The molecule has 0 bridgehead atoms. The predicted octanol–water partition coefficient (Wildman–Crippen LogP) is 2.90. The molecular weight excluding hydrogens is 382 g/mol. The van der Waals surface area contributed by atoms with Gasteiger partial charge in [-0.25, -0.2) is 0 Å². The van der Waals surface area contributed by atoms with E-state index in [4.69, 9.17) is 11.6 Å². The third-order valence-corrected chi connectivity index (χ3v) is 6.23. The summed E-state index contributed by atoms with van der Waals surface area (Å²) in [5.41, 5.74) is 1.15. The second-order valence-electron chi connectivity index (χ2n) is 6.91. The largest absolute Gasteiger partial charge is 0.354 e. The standard InChI is InChI=1S/C19H26ClN5OS/c1-24-11-4-3-8-16(24)18(26)21-10-9-17-22-23-19(25(17)2)27-13-14-6-5-7-15(20)12-14/h5-7,12,16H,3-4,8-11,13H2,1-2H3,(H,21,26)/t16-/m0/s1. The van der Waals surface area contributed by atoms with Crippen LogP contribution in [0.1, 0.15) is 30.7 Å².